The summed E-state index contributed by atoms with van der Waals surface area (Å²) in [4.78, 5) is 5.37. The third kappa shape index (κ3) is 1.70. The Labute approximate surface area is 88.3 Å². The number of fused-ring (bicyclic) bond motifs is 1. The Bertz CT molecular complexity index is 210. The fraction of sp³-hybridized carbons (Fsp3) is 1.00. The van der Waals surface area contributed by atoms with Crippen molar-refractivity contribution in [1.82, 2.24) is 9.80 Å². The molecule has 2 fully saturated rings. The van der Waals surface area contributed by atoms with Crippen LogP contribution in [-0.4, -0.2) is 47.1 Å². The van der Waals surface area contributed by atoms with Crippen LogP contribution in [0.5, 0.6) is 0 Å². The minimum Gasteiger partial charge on any atom is -0.298 e. The van der Waals surface area contributed by atoms with Crippen LogP contribution in [0.25, 0.3) is 0 Å². The quantitative estimate of drug-likeness (QED) is 0.632. The predicted molar refractivity (Wildman–Crippen MR) is 60.5 cm³/mol. The summed E-state index contributed by atoms with van der Waals surface area (Å²) in [5.74, 6) is 0. The van der Waals surface area contributed by atoms with Crippen LogP contribution >= 0.6 is 0 Å². The van der Waals surface area contributed by atoms with Crippen molar-refractivity contribution < 1.29 is 0 Å². The first-order chi connectivity index (χ1) is 6.50. The van der Waals surface area contributed by atoms with Crippen molar-refractivity contribution >= 4 is 0 Å². The molecule has 0 spiro atoms. The molecule has 2 aliphatic rings. The van der Waals surface area contributed by atoms with Gasteiger partial charge in [-0.05, 0) is 47.1 Å². The topological polar surface area (TPSA) is 6.48 Å². The second-order valence-corrected chi connectivity index (χ2v) is 5.83. The molecule has 1 unspecified atom stereocenters. The molecule has 82 valence electrons. The van der Waals surface area contributed by atoms with E-state index in [1.165, 1.54) is 32.5 Å². The molecule has 0 N–H and O–H groups in total. The lowest BCUT2D eigenvalue weighted by Gasteiger charge is -2.50. The average Bonchev–Trinajstić information content (AvgIpc) is 2.51. The van der Waals surface area contributed by atoms with Crippen LogP contribution in [0.1, 0.15) is 40.5 Å². The van der Waals surface area contributed by atoms with E-state index in [-0.39, 0.29) is 0 Å². The van der Waals surface area contributed by atoms with Gasteiger partial charge in [0.05, 0.1) is 0 Å². The van der Waals surface area contributed by atoms with Crippen molar-refractivity contribution in [3.63, 3.8) is 0 Å². The van der Waals surface area contributed by atoms with Crippen LogP contribution in [0.2, 0.25) is 0 Å². The van der Waals surface area contributed by atoms with E-state index in [1.54, 1.807) is 0 Å². The lowest BCUT2D eigenvalue weighted by Crippen LogP contribution is -2.62. The molecule has 2 saturated heterocycles. The van der Waals surface area contributed by atoms with Crippen LogP contribution in [0.15, 0.2) is 0 Å². The van der Waals surface area contributed by atoms with E-state index >= 15 is 0 Å². The molecule has 0 aliphatic carbocycles. The highest BCUT2D eigenvalue weighted by atomic mass is 15.3. The molecule has 0 bridgehead atoms. The van der Waals surface area contributed by atoms with Gasteiger partial charge in [-0.2, -0.15) is 0 Å². The molecule has 2 rings (SSSR count). The highest BCUT2D eigenvalue weighted by molar-refractivity contribution is 4.99. The molecule has 0 saturated carbocycles. The maximum Gasteiger partial charge on any atom is 0.0283 e. The molecule has 14 heavy (non-hydrogen) atoms. The molecule has 2 heteroatoms. The van der Waals surface area contributed by atoms with Crippen LogP contribution in [0.3, 0.4) is 0 Å². The first kappa shape index (κ1) is 10.4. The minimum atomic E-state index is 0.393. The second kappa shape index (κ2) is 3.49. The van der Waals surface area contributed by atoms with Crippen molar-refractivity contribution in [2.24, 2.45) is 0 Å². The van der Waals surface area contributed by atoms with Gasteiger partial charge in [-0.25, -0.2) is 0 Å². The van der Waals surface area contributed by atoms with Gasteiger partial charge in [0.2, 0.25) is 0 Å². The summed E-state index contributed by atoms with van der Waals surface area (Å²) >= 11 is 0. The van der Waals surface area contributed by atoms with Gasteiger partial charge in [0.25, 0.3) is 0 Å². The van der Waals surface area contributed by atoms with E-state index in [0.29, 0.717) is 11.6 Å². The smallest absolute Gasteiger partial charge is 0.0283 e. The first-order valence-corrected chi connectivity index (χ1v) is 6.01. The van der Waals surface area contributed by atoms with Crippen molar-refractivity contribution in [2.75, 3.05) is 19.6 Å². The van der Waals surface area contributed by atoms with Gasteiger partial charge in [0.15, 0.2) is 0 Å². The van der Waals surface area contributed by atoms with Crippen LogP contribution in [0.4, 0.5) is 0 Å². The van der Waals surface area contributed by atoms with Gasteiger partial charge < -0.3 is 0 Å². The molecular weight excluding hydrogens is 172 g/mol. The molecule has 0 amide bonds. The Balaban J connectivity index is 2.12. The van der Waals surface area contributed by atoms with Gasteiger partial charge >= 0.3 is 0 Å². The number of hydrogen-bond acceptors (Lipinski definition) is 2. The largest absolute Gasteiger partial charge is 0.298 e. The maximum absolute atomic E-state index is 2.73. The van der Waals surface area contributed by atoms with Crippen LogP contribution < -0.4 is 0 Å². The van der Waals surface area contributed by atoms with E-state index < -0.39 is 0 Å². The Hall–Kier alpha value is -0.0800. The first-order valence-electron chi connectivity index (χ1n) is 6.01. The summed E-state index contributed by atoms with van der Waals surface area (Å²) in [7, 11) is 0. The standard InChI is InChI=1S/C12H24N2/c1-10(2)13-8-11-6-5-7-14(11)12(3,4)9-13/h10-11H,5-9H2,1-4H3. The zero-order valence-corrected chi connectivity index (χ0v) is 10.1. The molecule has 0 aromatic heterocycles. The minimum absolute atomic E-state index is 0.393. The van der Waals surface area contributed by atoms with E-state index in [9.17, 15) is 0 Å². The van der Waals surface area contributed by atoms with E-state index in [4.69, 9.17) is 0 Å². The maximum atomic E-state index is 2.73. The van der Waals surface area contributed by atoms with Gasteiger partial charge in [0, 0.05) is 30.7 Å². The lowest BCUT2D eigenvalue weighted by atomic mass is 9.95. The Kier molecular flexibility index (Phi) is 2.61. The third-order valence-electron chi connectivity index (χ3n) is 3.92. The highest BCUT2D eigenvalue weighted by Crippen LogP contribution is 2.32. The fourth-order valence-corrected chi connectivity index (χ4v) is 3.14. The van der Waals surface area contributed by atoms with E-state index in [2.05, 4.69) is 37.5 Å². The molecule has 2 aliphatic heterocycles. The van der Waals surface area contributed by atoms with E-state index in [1.807, 2.05) is 0 Å². The van der Waals surface area contributed by atoms with Crippen molar-refractivity contribution in [3.8, 4) is 0 Å². The van der Waals surface area contributed by atoms with Crippen molar-refractivity contribution in [3.05, 3.63) is 0 Å². The summed E-state index contributed by atoms with van der Waals surface area (Å²) in [6, 6.07) is 1.54. The van der Waals surface area contributed by atoms with E-state index in [0.717, 1.165) is 6.04 Å². The second-order valence-electron chi connectivity index (χ2n) is 5.83. The zero-order valence-electron chi connectivity index (χ0n) is 10.1. The van der Waals surface area contributed by atoms with Crippen LogP contribution in [-0.2, 0) is 0 Å². The normalized spacial score (nSPS) is 33.6. The molecule has 2 nitrogen and oxygen atoms in total. The van der Waals surface area contributed by atoms with Gasteiger partial charge in [0.1, 0.15) is 0 Å². The molecule has 1 atom stereocenters. The van der Waals surface area contributed by atoms with Crippen LogP contribution in [0, 0.1) is 0 Å². The molecule has 2 heterocycles. The summed E-state index contributed by atoms with van der Waals surface area (Å²) < 4.78 is 0. The lowest BCUT2D eigenvalue weighted by molar-refractivity contribution is -0.0135. The number of nitrogens with zero attached hydrogens (tertiary/aromatic N) is 2. The van der Waals surface area contributed by atoms with Gasteiger partial charge in [-0.15, -0.1) is 0 Å². The number of rotatable bonds is 1. The third-order valence-corrected chi connectivity index (χ3v) is 3.92. The Morgan fingerprint density at radius 3 is 2.64 bits per heavy atom. The summed E-state index contributed by atoms with van der Waals surface area (Å²) in [5, 5.41) is 0. The molecule has 0 aromatic rings. The SMILES string of the molecule is CC(C)N1CC2CCCN2C(C)(C)C1. The molecular formula is C12H24N2. The fourth-order valence-electron chi connectivity index (χ4n) is 3.14. The summed E-state index contributed by atoms with van der Waals surface area (Å²) in [6.07, 6.45) is 2.81. The average molecular weight is 196 g/mol. The highest BCUT2D eigenvalue weighted by Gasteiger charge is 2.42. The Morgan fingerprint density at radius 1 is 1.29 bits per heavy atom. The number of hydrogen-bond donors (Lipinski definition) is 0. The Morgan fingerprint density at radius 2 is 2.00 bits per heavy atom. The summed E-state index contributed by atoms with van der Waals surface area (Å²) in [6.45, 7) is 13.3. The predicted octanol–water partition coefficient (Wildman–Crippen LogP) is 1.95. The monoisotopic (exact) mass is 196 g/mol. The zero-order chi connectivity index (χ0) is 10.3. The van der Waals surface area contributed by atoms with Crippen molar-refractivity contribution in [1.29, 1.82) is 0 Å². The van der Waals surface area contributed by atoms with Gasteiger partial charge in [-0.1, -0.05) is 0 Å². The van der Waals surface area contributed by atoms with Gasteiger partial charge in [-0.3, -0.25) is 9.80 Å². The molecule has 0 aromatic carbocycles. The van der Waals surface area contributed by atoms with Crippen molar-refractivity contribution in [2.45, 2.75) is 58.2 Å². The molecule has 0 radical (unpaired) electrons. The number of piperazine rings is 1. The summed E-state index contributed by atoms with van der Waals surface area (Å²) in [5.41, 5.74) is 0.393.